The monoisotopic (exact) mass is 459 g/mol. The van der Waals surface area contributed by atoms with Gasteiger partial charge in [0.25, 0.3) is 5.91 Å². The van der Waals surface area contributed by atoms with Gasteiger partial charge in [-0.05, 0) is 66.6 Å². The summed E-state index contributed by atoms with van der Waals surface area (Å²) in [5.74, 6) is -2.68. The normalized spacial score (nSPS) is 23.0. The average Bonchev–Trinajstić information content (AvgIpc) is 2.76. The first-order chi connectivity index (χ1) is 15.2. The molecule has 1 aliphatic heterocycles. The minimum Gasteiger partial charge on any atom is -0.365 e. The third-order valence-corrected chi connectivity index (χ3v) is 5.93. The van der Waals surface area contributed by atoms with E-state index in [0.717, 1.165) is 17.7 Å². The molecule has 0 radical (unpaired) electrons. The number of hydrogen-bond acceptors (Lipinski definition) is 2. The van der Waals surface area contributed by atoms with Crippen molar-refractivity contribution in [3.63, 3.8) is 0 Å². The van der Waals surface area contributed by atoms with Crippen LogP contribution in [0, 0.1) is 17.5 Å². The van der Waals surface area contributed by atoms with Crippen LogP contribution in [0.15, 0.2) is 66.7 Å². The number of benzene rings is 3. The van der Waals surface area contributed by atoms with Crippen molar-refractivity contribution in [3.05, 3.63) is 106 Å². The molecule has 0 spiro atoms. The Hall–Kier alpha value is -2.83. The molecule has 0 unspecified atom stereocenters. The Labute approximate surface area is 189 Å². The van der Waals surface area contributed by atoms with Crippen LogP contribution in [0.25, 0.3) is 0 Å². The minimum atomic E-state index is -0.961. The topological polar surface area (TPSA) is 38.3 Å². The summed E-state index contributed by atoms with van der Waals surface area (Å²) in [5, 5.41) is 3.61. The summed E-state index contributed by atoms with van der Waals surface area (Å²) in [5.41, 5.74) is 0.920. The van der Waals surface area contributed by atoms with Gasteiger partial charge in [0, 0.05) is 29.0 Å². The summed E-state index contributed by atoms with van der Waals surface area (Å²) in [7, 11) is 0. The molecule has 0 aliphatic carbocycles. The van der Waals surface area contributed by atoms with Crippen molar-refractivity contribution >= 4 is 17.5 Å². The van der Waals surface area contributed by atoms with Gasteiger partial charge in [0.05, 0.1) is 12.2 Å². The predicted octanol–water partition coefficient (Wildman–Crippen LogP) is 6.54. The van der Waals surface area contributed by atoms with Gasteiger partial charge in [-0.2, -0.15) is 0 Å². The van der Waals surface area contributed by atoms with Gasteiger partial charge in [-0.3, -0.25) is 4.79 Å². The van der Waals surface area contributed by atoms with Crippen LogP contribution in [0.4, 0.5) is 13.2 Å². The highest BCUT2D eigenvalue weighted by Crippen LogP contribution is 2.44. The summed E-state index contributed by atoms with van der Waals surface area (Å²) in [6.45, 7) is 1.88. The molecule has 0 bridgehead atoms. The summed E-state index contributed by atoms with van der Waals surface area (Å²) in [6.07, 6.45) is -0.215. The largest absolute Gasteiger partial charge is 0.365 e. The lowest BCUT2D eigenvalue weighted by Gasteiger charge is -2.43. The maximum Gasteiger partial charge on any atom is 0.251 e. The van der Waals surface area contributed by atoms with Crippen LogP contribution in [0.3, 0.4) is 0 Å². The molecule has 7 heteroatoms. The van der Waals surface area contributed by atoms with Crippen molar-refractivity contribution in [2.24, 2.45) is 0 Å². The van der Waals surface area contributed by atoms with Crippen molar-refractivity contribution in [2.45, 2.75) is 37.5 Å². The molecule has 0 aromatic heterocycles. The highest BCUT2D eigenvalue weighted by Gasteiger charge is 2.40. The molecule has 3 nitrogen and oxygen atoms in total. The maximum absolute atomic E-state index is 13.9. The second-order valence-electron chi connectivity index (χ2n) is 8.27. The average molecular weight is 460 g/mol. The van der Waals surface area contributed by atoms with Crippen LogP contribution in [0.2, 0.25) is 5.02 Å². The first kappa shape index (κ1) is 22.4. The second kappa shape index (κ2) is 8.96. The number of carbonyl (C=O) groups is 1. The van der Waals surface area contributed by atoms with Crippen molar-refractivity contribution in [1.82, 2.24) is 5.32 Å². The Morgan fingerprint density at radius 1 is 0.906 bits per heavy atom. The molecular weight excluding hydrogens is 439 g/mol. The molecule has 32 heavy (non-hydrogen) atoms. The number of halogens is 4. The first-order valence-electron chi connectivity index (χ1n) is 10.2. The van der Waals surface area contributed by atoms with E-state index in [1.165, 1.54) is 30.3 Å². The fraction of sp³-hybridized carbons (Fsp3) is 0.240. The molecule has 3 aromatic rings. The van der Waals surface area contributed by atoms with E-state index in [1.54, 1.807) is 12.1 Å². The lowest BCUT2D eigenvalue weighted by Crippen LogP contribution is -2.50. The fourth-order valence-corrected chi connectivity index (χ4v) is 4.15. The number of rotatable bonds is 4. The smallest absolute Gasteiger partial charge is 0.251 e. The van der Waals surface area contributed by atoms with E-state index in [1.807, 2.05) is 19.1 Å². The Morgan fingerprint density at radius 3 is 2.12 bits per heavy atom. The van der Waals surface area contributed by atoms with E-state index in [4.69, 9.17) is 16.3 Å². The van der Waals surface area contributed by atoms with Gasteiger partial charge in [-0.1, -0.05) is 29.8 Å². The molecule has 1 fully saturated rings. The van der Waals surface area contributed by atoms with Crippen LogP contribution in [0.5, 0.6) is 0 Å². The van der Waals surface area contributed by atoms with Crippen LogP contribution < -0.4 is 5.32 Å². The minimum absolute atomic E-state index is 0.325. The molecule has 4 rings (SSSR count). The zero-order chi connectivity index (χ0) is 22.9. The molecule has 166 valence electrons. The van der Waals surface area contributed by atoms with Gasteiger partial charge in [-0.15, -0.1) is 0 Å². The van der Waals surface area contributed by atoms with E-state index in [0.29, 0.717) is 29.0 Å². The van der Waals surface area contributed by atoms with E-state index in [9.17, 15) is 18.0 Å². The molecule has 1 heterocycles. The van der Waals surface area contributed by atoms with Gasteiger partial charge in [0.2, 0.25) is 0 Å². The summed E-state index contributed by atoms with van der Waals surface area (Å²) in [4.78, 5) is 12.9. The van der Waals surface area contributed by atoms with Gasteiger partial charge < -0.3 is 10.1 Å². The number of carbonyl (C=O) groups excluding carboxylic acids is 1. The third kappa shape index (κ3) is 4.97. The van der Waals surface area contributed by atoms with E-state index < -0.39 is 35.2 Å². The van der Waals surface area contributed by atoms with Crippen LogP contribution in [-0.2, 0) is 4.74 Å². The van der Waals surface area contributed by atoms with Gasteiger partial charge in [0.15, 0.2) is 11.6 Å². The molecular formula is C25H21ClF3NO2. The lowest BCUT2D eigenvalue weighted by molar-refractivity contribution is -0.0852. The lowest BCUT2D eigenvalue weighted by atomic mass is 9.81. The molecule has 1 amide bonds. The third-order valence-electron chi connectivity index (χ3n) is 5.68. The Kier molecular flexibility index (Phi) is 6.26. The number of ether oxygens (including phenoxy) is 1. The summed E-state index contributed by atoms with van der Waals surface area (Å²) < 4.78 is 46.9. The quantitative estimate of drug-likeness (QED) is 0.481. The van der Waals surface area contributed by atoms with Crippen molar-refractivity contribution in [2.75, 3.05) is 0 Å². The van der Waals surface area contributed by atoms with Crippen LogP contribution in [0.1, 0.15) is 53.5 Å². The van der Waals surface area contributed by atoms with Crippen molar-refractivity contribution in [1.29, 1.82) is 0 Å². The molecule has 1 saturated heterocycles. The van der Waals surface area contributed by atoms with Crippen molar-refractivity contribution < 1.29 is 22.7 Å². The molecule has 1 aliphatic rings. The number of nitrogens with one attached hydrogen (secondary N) is 1. The Balaban J connectivity index is 1.64. The second-order valence-corrected chi connectivity index (χ2v) is 8.70. The Morgan fingerprint density at radius 2 is 1.50 bits per heavy atom. The van der Waals surface area contributed by atoms with E-state index in [-0.39, 0.29) is 5.91 Å². The van der Waals surface area contributed by atoms with E-state index >= 15 is 0 Å². The number of amides is 1. The molecule has 0 saturated carbocycles. The standard InChI is InChI=1S/C25H21ClF3NO2/c1-25(30-24(31)16-4-9-19(27)10-5-16)13-22(15-2-7-18(26)8-3-15)32-23(14-25)17-6-11-20(28)21(29)12-17/h2-12,22-23H,13-14H2,1H3,(H,30,31)/t22-,23+,25-/m0/s1. The first-order valence-corrected chi connectivity index (χ1v) is 10.5. The van der Waals surface area contributed by atoms with Crippen LogP contribution >= 0.6 is 11.6 Å². The summed E-state index contributed by atoms with van der Waals surface area (Å²) >= 11 is 6.01. The molecule has 1 N–H and O–H groups in total. The van der Waals surface area contributed by atoms with E-state index in [2.05, 4.69) is 5.32 Å². The van der Waals surface area contributed by atoms with Gasteiger partial charge in [0.1, 0.15) is 5.82 Å². The molecule has 3 atom stereocenters. The highest BCUT2D eigenvalue weighted by atomic mass is 35.5. The fourth-order valence-electron chi connectivity index (χ4n) is 4.03. The van der Waals surface area contributed by atoms with Crippen LogP contribution in [-0.4, -0.2) is 11.4 Å². The highest BCUT2D eigenvalue weighted by molar-refractivity contribution is 6.30. The molecule has 3 aromatic carbocycles. The zero-order valence-electron chi connectivity index (χ0n) is 17.2. The van der Waals surface area contributed by atoms with Crippen molar-refractivity contribution in [3.8, 4) is 0 Å². The SMILES string of the molecule is C[C@]1(NC(=O)c2ccc(F)cc2)C[C@@H](c2ccc(Cl)cc2)O[C@@H](c2ccc(F)c(F)c2)C1. The number of hydrogen-bond donors (Lipinski definition) is 1. The summed E-state index contributed by atoms with van der Waals surface area (Å²) in [6, 6.07) is 16.1. The Bertz CT molecular complexity index is 1120. The predicted molar refractivity (Wildman–Crippen MR) is 116 cm³/mol. The zero-order valence-corrected chi connectivity index (χ0v) is 18.0. The van der Waals surface area contributed by atoms with Gasteiger partial charge >= 0.3 is 0 Å². The maximum atomic E-state index is 13.9. The van der Waals surface area contributed by atoms with Gasteiger partial charge in [-0.25, -0.2) is 13.2 Å².